The van der Waals surface area contributed by atoms with Crippen molar-refractivity contribution >= 4 is 11.8 Å². The van der Waals surface area contributed by atoms with E-state index in [1.807, 2.05) is 27.7 Å². The summed E-state index contributed by atoms with van der Waals surface area (Å²) in [7, 11) is 0. The second-order valence-corrected chi connectivity index (χ2v) is 5.98. The first-order chi connectivity index (χ1) is 10.2. The Morgan fingerprint density at radius 2 is 1.68 bits per heavy atom. The number of aromatic nitrogens is 3. The number of hydrogen-bond acceptors (Lipinski definition) is 5. The van der Waals surface area contributed by atoms with Gasteiger partial charge in [0, 0.05) is 11.8 Å². The minimum Gasteiger partial charge on any atom is -0.361 e. The first kappa shape index (κ1) is 15.7. The predicted molar refractivity (Wildman–Crippen MR) is 78.1 cm³/mol. The van der Waals surface area contributed by atoms with E-state index in [0.717, 1.165) is 5.69 Å². The zero-order valence-corrected chi connectivity index (χ0v) is 13.2. The van der Waals surface area contributed by atoms with E-state index in [0.29, 0.717) is 5.76 Å². The Morgan fingerprint density at radius 1 is 1.09 bits per heavy atom. The standard InChI is InChI=1S/C14H19N5O3/c1-8-6-10(17-19(8)14(3,4)5)12(20)15-16-13(21)11-7-9(2)22-18-11/h6-7H,1-5H3,(H,15,20)(H,16,21). The molecule has 22 heavy (non-hydrogen) atoms. The van der Waals surface area contributed by atoms with E-state index in [1.165, 1.54) is 6.07 Å². The number of nitrogens with zero attached hydrogens (tertiary/aromatic N) is 3. The lowest BCUT2D eigenvalue weighted by Crippen LogP contribution is -2.42. The SMILES string of the molecule is Cc1cc(C(=O)NNC(=O)c2cc(C)n(C(C)(C)C)n2)no1. The van der Waals surface area contributed by atoms with Gasteiger partial charge in [-0.05, 0) is 40.7 Å². The molecule has 0 atom stereocenters. The minimum atomic E-state index is -0.558. The van der Waals surface area contributed by atoms with Gasteiger partial charge in [0.15, 0.2) is 11.4 Å². The Bertz CT molecular complexity index is 708. The fourth-order valence-electron chi connectivity index (χ4n) is 1.98. The molecule has 8 heteroatoms. The third kappa shape index (κ3) is 3.33. The van der Waals surface area contributed by atoms with Crippen molar-refractivity contribution in [2.24, 2.45) is 0 Å². The summed E-state index contributed by atoms with van der Waals surface area (Å²) in [6, 6.07) is 3.13. The number of rotatable bonds is 2. The zero-order valence-electron chi connectivity index (χ0n) is 13.2. The summed E-state index contributed by atoms with van der Waals surface area (Å²) >= 11 is 0. The molecule has 0 aliphatic carbocycles. The summed E-state index contributed by atoms with van der Waals surface area (Å²) in [6.45, 7) is 9.51. The Balaban J connectivity index is 2.02. The first-order valence-corrected chi connectivity index (χ1v) is 6.79. The van der Waals surface area contributed by atoms with Crippen molar-refractivity contribution in [2.75, 3.05) is 0 Å². The summed E-state index contributed by atoms with van der Waals surface area (Å²) in [4.78, 5) is 23.8. The number of hydrogen-bond donors (Lipinski definition) is 2. The average Bonchev–Trinajstić information content (AvgIpc) is 3.01. The van der Waals surface area contributed by atoms with E-state index >= 15 is 0 Å². The summed E-state index contributed by atoms with van der Waals surface area (Å²) in [5, 5.41) is 7.81. The van der Waals surface area contributed by atoms with Gasteiger partial charge in [0.1, 0.15) is 5.76 Å². The highest BCUT2D eigenvalue weighted by molar-refractivity contribution is 5.97. The normalized spacial score (nSPS) is 11.3. The molecule has 2 N–H and O–H groups in total. The smallest absolute Gasteiger partial charge is 0.291 e. The number of aryl methyl sites for hydroxylation is 2. The van der Waals surface area contributed by atoms with Gasteiger partial charge in [-0.3, -0.25) is 25.1 Å². The van der Waals surface area contributed by atoms with Crippen LogP contribution >= 0.6 is 0 Å². The minimum absolute atomic E-state index is 0.0919. The Morgan fingerprint density at radius 3 is 2.14 bits per heavy atom. The number of carbonyl (C=O) groups excluding carboxylic acids is 2. The third-order valence-corrected chi connectivity index (χ3v) is 2.91. The van der Waals surface area contributed by atoms with Crippen LogP contribution in [0.4, 0.5) is 0 Å². The van der Waals surface area contributed by atoms with Crippen molar-refractivity contribution in [3.05, 3.63) is 35.0 Å². The van der Waals surface area contributed by atoms with Crippen molar-refractivity contribution in [1.29, 1.82) is 0 Å². The lowest BCUT2D eigenvalue weighted by Gasteiger charge is -2.21. The van der Waals surface area contributed by atoms with Crippen molar-refractivity contribution in [3.8, 4) is 0 Å². The van der Waals surface area contributed by atoms with Crippen LogP contribution in [-0.2, 0) is 5.54 Å². The molecule has 2 aromatic rings. The molecule has 2 amide bonds. The molecular weight excluding hydrogens is 286 g/mol. The van der Waals surface area contributed by atoms with E-state index in [2.05, 4.69) is 21.1 Å². The largest absolute Gasteiger partial charge is 0.361 e. The molecule has 0 radical (unpaired) electrons. The molecule has 0 aromatic carbocycles. The van der Waals surface area contributed by atoms with Crippen LogP contribution in [0.25, 0.3) is 0 Å². The topological polar surface area (TPSA) is 102 Å². The predicted octanol–water partition coefficient (Wildman–Crippen LogP) is 1.32. The van der Waals surface area contributed by atoms with Crippen LogP contribution in [-0.4, -0.2) is 26.8 Å². The quantitative estimate of drug-likeness (QED) is 0.815. The highest BCUT2D eigenvalue weighted by Crippen LogP contribution is 2.16. The van der Waals surface area contributed by atoms with Gasteiger partial charge >= 0.3 is 0 Å². The zero-order chi connectivity index (χ0) is 16.5. The lowest BCUT2D eigenvalue weighted by atomic mass is 10.1. The van der Waals surface area contributed by atoms with Crippen LogP contribution in [0.3, 0.4) is 0 Å². The summed E-state index contributed by atoms with van der Waals surface area (Å²) in [5.41, 5.74) is 5.51. The molecule has 8 nitrogen and oxygen atoms in total. The molecule has 0 saturated carbocycles. The molecule has 0 aliphatic heterocycles. The lowest BCUT2D eigenvalue weighted by molar-refractivity contribution is 0.0838. The Labute approximate surface area is 127 Å². The average molecular weight is 305 g/mol. The molecule has 2 rings (SSSR count). The molecule has 0 bridgehead atoms. The highest BCUT2D eigenvalue weighted by atomic mass is 16.5. The van der Waals surface area contributed by atoms with Gasteiger partial charge < -0.3 is 4.52 Å². The number of amides is 2. The Kier molecular flexibility index (Phi) is 4.03. The molecule has 0 saturated heterocycles. The van der Waals surface area contributed by atoms with Crippen LogP contribution in [0.5, 0.6) is 0 Å². The van der Waals surface area contributed by atoms with E-state index in [9.17, 15) is 9.59 Å². The fourth-order valence-corrected chi connectivity index (χ4v) is 1.98. The fraction of sp³-hybridized carbons (Fsp3) is 0.429. The summed E-state index contributed by atoms with van der Waals surface area (Å²) in [6.07, 6.45) is 0. The molecule has 0 aliphatic rings. The maximum absolute atomic E-state index is 12.0. The van der Waals surface area contributed by atoms with Crippen molar-refractivity contribution in [1.82, 2.24) is 25.8 Å². The maximum Gasteiger partial charge on any atom is 0.291 e. The number of hydrazine groups is 1. The molecule has 2 aromatic heterocycles. The van der Waals surface area contributed by atoms with Crippen LogP contribution < -0.4 is 10.9 Å². The summed E-state index contributed by atoms with van der Waals surface area (Å²) < 4.78 is 6.55. The van der Waals surface area contributed by atoms with E-state index in [1.54, 1.807) is 17.7 Å². The third-order valence-electron chi connectivity index (χ3n) is 2.91. The second kappa shape index (κ2) is 5.63. The van der Waals surface area contributed by atoms with Gasteiger partial charge in [-0.15, -0.1) is 0 Å². The molecule has 2 heterocycles. The van der Waals surface area contributed by atoms with E-state index in [4.69, 9.17) is 4.52 Å². The molecule has 0 fully saturated rings. The molecule has 0 spiro atoms. The highest BCUT2D eigenvalue weighted by Gasteiger charge is 2.20. The van der Waals surface area contributed by atoms with Crippen LogP contribution in [0.2, 0.25) is 0 Å². The molecule has 0 unspecified atom stereocenters. The Hall–Kier alpha value is -2.64. The van der Waals surface area contributed by atoms with Gasteiger partial charge in [-0.25, -0.2) is 0 Å². The van der Waals surface area contributed by atoms with Crippen molar-refractivity contribution in [2.45, 2.75) is 40.2 Å². The van der Waals surface area contributed by atoms with Gasteiger partial charge in [0.2, 0.25) is 0 Å². The monoisotopic (exact) mass is 305 g/mol. The van der Waals surface area contributed by atoms with Crippen molar-refractivity contribution in [3.63, 3.8) is 0 Å². The second-order valence-electron chi connectivity index (χ2n) is 5.98. The number of carbonyl (C=O) groups is 2. The number of nitrogens with one attached hydrogen (secondary N) is 2. The molecular formula is C14H19N5O3. The van der Waals surface area contributed by atoms with Gasteiger partial charge in [0.05, 0.1) is 5.54 Å². The van der Waals surface area contributed by atoms with Crippen LogP contribution in [0.15, 0.2) is 16.7 Å². The summed E-state index contributed by atoms with van der Waals surface area (Å²) in [5.74, 6) is -0.548. The van der Waals surface area contributed by atoms with E-state index < -0.39 is 11.8 Å². The maximum atomic E-state index is 12.0. The van der Waals surface area contributed by atoms with E-state index in [-0.39, 0.29) is 16.9 Å². The van der Waals surface area contributed by atoms with Crippen LogP contribution in [0, 0.1) is 13.8 Å². The molecule has 118 valence electrons. The van der Waals surface area contributed by atoms with Crippen LogP contribution in [0.1, 0.15) is 53.2 Å². The first-order valence-electron chi connectivity index (χ1n) is 6.79. The van der Waals surface area contributed by atoms with Crippen molar-refractivity contribution < 1.29 is 14.1 Å². The van der Waals surface area contributed by atoms with Gasteiger partial charge in [0.25, 0.3) is 11.8 Å². The van der Waals surface area contributed by atoms with Gasteiger partial charge in [-0.2, -0.15) is 5.10 Å². The van der Waals surface area contributed by atoms with Gasteiger partial charge in [-0.1, -0.05) is 5.16 Å².